The molecule has 0 fully saturated rings. The van der Waals surface area contributed by atoms with Gasteiger partial charge in [-0.05, 0) is 37.3 Å². The summed E-state index contributed by atoms with van der Waals surface area (Å²) < 4.78 is 10.6. The van der Waals surface area contributed by atoms with Crippen LogP contribution in [0, 0.1) is 11.3 Å². The van der Waals surface area contributed by atoms with E-state index >= 15 is 0 Å². The fourth-order valence-electron chi connectivity index (χ4n) is 2.84. The Bertz CT molecular complexity index is 968. The summed E-state index contributed by atoms with van der Waals surface area (Å²) in [6.45, 7) is 1.54. The number of fused-ring (bicyclic) bond motifs is 1. The number of carbonyl (C=O) groups excluding carboxylic acids is 3. The fourth-order valence-corrected chi connectivity index (χ4v) is 2.84. The van der Waals surface area contributed by atoms with Crippen LogP contribution in [0.15, 0.2) is 48.5 Å². The van der Waals surface area contributed by atoms with Crippen molar-refractivity contribution in [2.24, 2.45) is 0 Å². The van der Waals surface area contributed by atoms with Crippen LogP contribution in [0.5, 0.6) is 5.75 Å². The van der Waals surface area contributed by atoms with Crippen molar-refractivity contribution in [1.82, 2.24) is 0 Å². The van der Waals surface area contributed by atoms with Gasteiger partial charge in [0.2, 0.25) is 0 Å². The van der Waals surface area contributed by atoms with Crippen molar-refractivity contribution < 1.29 is 23.9 Å². The molecule has 3 rings (SSSR count). The average molecular weight is 393 g/mol. The Morgan fingerprint density at radius 1 is 1.28 bits per heavy atom. The highest BCUT2D eigenvalue weighted by molar-refractivity contribution is 6.00. The number of nitrogens with one attached hydrogen (secondary N) is 1. The highest BCUT2D eigenvalue weighted by atomic mass is 16.5. The van der Waals surface area contributed by atoms with Crippen LogP contribution in [0.4, 0.5) is 11.4 Å². The van der Waals surface area contributed by atoms with E-state index in [1.54, 1.807) is 30.3 Å². The van der Waals surface area contributed by atoms with E-state index < -0.39 is 18.0 Å². The molecule has 0 spiro atoms. The average Bonchev–Trinajstić information content (AvgIpc) is 2.74. The van der Waals surface area contributed by atoms with Gasteiger partial charge < -0.3 is 19.7 Å². The Labute approximate surface area is 167 Å². The van der Waals surface area contributed by atoms with Crippen molar-refractivity contribution in [3.8, 4) is 11.8 Å². The number of carbonyl (C=O) groups is 3. The molecule has 0 radical (unpaired) electrons. The standard InChI is InChI=1S/C21H19N3O5/c1-14(20(26)24(11-5-10-22)16-6-3-2-4-7-16)29-21(27)15-8-9-17-18(12-15)28-13-19(25)23-17/h2-4,6-9,12,14H,5,11,13H2,1H3,(H,23,25). The van der Waals surface area contributed by atoms with E-state index in [-0.39, 0.29) is 31.0 Å². The third kappa shape index (κ3) is 4.71. The molecule has 1 heterocycles. The summed E-state index contributed by atoms with van der Waals surface area (Å²) in [4.78, 5) is 38.1. The largest absolute Gasteiger partial charge is 0.482 e. The molecule has 2 aromatic carbocycles. The van der Waals surface area contributed by atoms with Crippen LogP contribution in [0.1, 0.15) is 23.7 Å². The van der Waals surface area contributed by atoms with Gasteiger partial charge in [0.15, 0.2) is 12.7 Å². The van der Waals surface area contributed by atoms with Crippen molar-refractivity contribution >= 4 is 29.2 Å². The fraction of sp³-hybridized carbons (Fsp3) is 0.238. The van der Waals surface area contributed by atoms with E-state index in [2.05, 4.69) is 5.32 Å². The van der Waals surface area contributed by atoms with Crippen LogP contribution in [0.3, 0.4) is 0 Å². The molecule has 1 aliphatic rings. The van der Waals surface area contributed by atoms with E-state index in [1.807, 2.05) is 12.1 Å². The predicted molar refractivity (Wildman–Crippen MR) is 104 cm³/mol. The van der Waals surface area contributed by atoms with Crippen molar-refractivity contribution in [3.05, 3.63) is 54.1 Å². The number of hydrogen-bond acceptors (Lipinski definition) is 6. The van der Waals surface area contributed by atoms with Gasteiger partial charge in [-0.1, -0.05) is 18.2 Å². The third-order valence-corrected chi connectivity index (χ3v) is 4.26. The zero-order valence-corrected chi connectivity index (χ0v) is 15.8. The summed E-state index contributed by atoms with van der Waals surface area (Å²) in [7, 11) is 0. The number of para-hydroxylation sites is 1. The lowest BCUT2D eigenvalue weighted by Gasteiger charge is -2.25. The molecule has 2 amide bonds. The Kier molecular flexibility index (Phi) is 6.09. The lowest BCUT2D eigenvalue weighted by Crippen LogP contribution is -2.40. The van der Waals surface area contributed by atoms with Gasteiger partial charge in [-0.15, -0.1) is 0 Å². The SMILES string of the molecule is CC(OC(=O)c1ccc2c(c1)OCC(=O)N2)C(=O)N(CCC#N)c1ccccc1. The van der Waals surface area contributed by atoms with E-state index in [1.165, 1.54) is 24.0 Å². The molecule has 0 saturated heterocycles. The van der Waals surface area contributed by atoms with Gasteiger partial charge in [0.05, 0.1) is 23.7 Å². The van der Waals surface area contributed by atoms with Crippen molar-refractivity contribution in [2.45, 2.75) is 19.4 Å². The number of esters is 1. The molecule has 0 saturated carbocycles. The molecule has 0 aromatic heterocycles. The first-order valence-corrected chi connectivity index (χ1v) is 9.00. The summed E-state index contributed by atoms with van der Waals surface area (Å²) in [5.41, 5.74) is 1.28. The number of hydrogen-bond donors (Lipinski definition) is 1. The molecule has 1 aliphatic heterocycles. The Hall–Kier alpha value is -3.86. The van der Waals surface area contributed by atoms with Crippen LogP contribution in [0.25, 0.3) is 0 Å². The molecule has 1 unspecified atom stereocenters. The smallest absolute Gasteiger partial charge is 0.339 e. The van der Waals surface area contributed by atoms with Gasteiger partial charge in [0.1, 0.15) is 5.75 Å². The molecule has 0 aliphatic carbocycles. The number of ether oxygens (including phenoxy) is 2. The second kappa shape index (κ2) is 8.89. The van der Waals surface area contributed by atoms with Crippen molar-refractivity contribution in [2.75, 3.05) is 23.4 Å². The summed E-state index contributed by atoms with van der Waals surface area (Å²) in [5.74, 6) is -1.04. The third-order valence-electron chi connectivity index (χ3n) is 4.26. The number of amides is 2. The highest BCUT2D eigenvalue weighted by Crippen LogP contribution is 2.29. The van der Waals surface area contributed by atoms with Gasteiger partial charge in [-0.3, -0.25) is 9.59 Å². The van der Waals surface area contributed by atoms with E-state index in [4.69, 9.17) is 14.7 Å². The van der Waals surface area contributed by atoms with Gasteiger partial charge in [0.25, 0.3) is 11.8 Å². The van der Waals surface area contributed by atoms with Crippen molar-refractivity contribution in [1.29, 1.82) is 5.26 Å². The number of nitrogens with zero attached hydrogens (tertiary/aromatic N) is 2. The quantitative estimate of drug-likeness (QED) is 0.756. The van der Waals surface area contributed by atoms with Gasteiger partial charge in [0, 0.05) is 12.2 Å². The first-order chi connectivity index (χ1) is 14.0. The van der Waals surface area contributed by atoms with Gasteiger partial charge in [-0.2, -0.15) is 5.26 Å². The molecule has 148 valence electrons. The maximum atomic E-state index is 12.9. The molecule has 8 heteroatoms. The molecule has 0 bridgehead atoms. The Morgan fingerprint density at radius 2 is 2.03 bits per heavy atom. The topological polar surface area (TPSA) is 109 Å². The predicted octanol–water partition coefficient (Wildman–Crippen LogP) is 2.51. The number of nitriles is 1. The minimum atomic E-state index is -1.06. The first kappa shape index (κ1) is 19.9. The molecule has 1 atom stereocenters. The second-order valence-electron chi connectivity index (χ2n) is 6.33. The lowest BCUT2D eigenvalue weighted by molar-refractivity contribution is -0.126. The Morgan fingerprint density at radius 3 is 2.76 bits per heavy atom. The van der Waals surface area contributed by atoms with Crippen molar-refractivity contribution in [3.63, 3.8) is 0 Å². The lowest BCUT2D eigenvalue weighted by atomic mass is 10.1. The van der Waals surface area contributed by atoms with Crippen LogP contribution in [-0.2, 0) is 14.3 Å². The monoisotopic (exact) mass is 393 g/mol. The molecule has 2 aromatic rings. The summed E-state index contributed by atoms with van der Waals surface area (Å²) in [6, 6.07) is 15.4. The second-order valence-corrected chi connectivity index (χ2v) is 6.33. The van der Waals surface area contributed by atoms with Crippen LogP contribution in [-0.4, -0.2) is 37.0 Å². The molecule has 29 heavy (non-hydrogen) atoms. The van der Waals surface area contributed by atoms with Gasteiger partial charge in [-0.25, -0.2) is 4.79 Å². The number of benzene rings is 2. The maximum Gasteiger partial charge on any atom is 0.339 e. The normalized spacial score (nSPS) is 13.2. The number of anilines is 2. The highest BCUT2D eigenvalue weighted by Gasteiger charge is 2.26. The van der Waals surface area contributed by atoms with Gasteiger partial charge >= 0.3 is 5.97 Å². The summed E-state index contributed by atoms with van der Waals surface area (Å²) in [5, 5.41) is 11.5. The zero-order chi connectivity index (χ0) is 20.8. The summed E-state index contributed by atoms with van der Waals surface area (Å²) >= 11 is 0. The first-order valence-electron chi connectivity index (χ1n) is 9.00. The minimum absolute atomic E-state index is 0.134. The van der Waals surface area contributed by atoms with E-state index in [9.17, 15) is 14.4 Å². The maximum absolute atomic E-state index is 12.9. The summed E-state index contributed by atoms with van der Waals surface area (Å²) in [6.07, 6.45) is -0.909. The molecule has 8 nitrogen and oxygen atoms in total. The molecule has 1 N–H and O–H groups in total. The molecular weight excluding hydrogens is 374 g/mol. The zero-order valence-electron chi connectivity index (χ0n) is 15.8. The van der Waals surface area contributed by atoms with E-state index in [0.29, 0.717) is 17.1 Å². The number of rotatable bonds is 6. The van der Waals surface area contributed by atoms with E-state index in [0.717, 1.165) is 0 Å². The van der Waals surface area contributed by atoms with Crippen LogP contribution in [0.2, 0.25) is 0 Å². The van der Waals surface area contributed by atoms with Crippen LogP contribution < -0.4 is 15.0 Å². The molecular formula is C21H19N3O5. The minimum Gasteiger partial charge on any atom is -0.482 e. The van der Waals surface area contributed by atoms with Crippen LogP contribution >= 0.6 is 0 Å². The Balaban J connectivity index is 1.71.